The molecule has 302 valence electrons. The highest BCUT2D eigenvalue weighted by molar-refractivity contribution is 8.01. The lowest BCUT2D eigenvalue weighted by molar-refractivity contribution is -0.364. The maximum Gasteiger partial charge on any atom is 0.456 e. The number of nitrogens with zero attached hydrogens (tertiary/aromatic N) is 1. The highest BCUT2D eigenvalue weighted by Gasteiger charge is 2.79. The second-order valence-corrected chi connectivity index (χ2v) is 19.7. The molecule has 1 heterocycles. The molecule has 3 fully saturated rings. The van der Waals surface area contributed by atoms with Crippen LogP contribution in [0.15, 0.2) is 34.2 Å². The number of hydrogen-bond donors (Lipinski definition) is 1. The fraction of sp³-hybridized carbons (Fsp3) is 0.767. The number of thiazole rings is 1. The Morgan fingerprint density at radius 2 is 1.56 bits per heavy atom. The van der Waals surface area contributed by atoms with Crippen molar-refractivity contribution in [2.75, 3.05) is 12.4 Å². The second-order valence-electron chi connectivity index (χ2n) is 17.3. The molecule has 6 rings (SSSR count). The third-order valence-electron chi connectivity index (χ3n) is 14.3. The normalized spacial score (nSPS) is 31.3. The number of aromatic nitrogens is 1. The number of aliphatic hydroxyl groups is 1. The molecule has 3 saturated carbocycles. The van der Waals surface area contributed by atoms with Gasteiger partial charge >= 0.3 is 12.1 Å². The number of ketones is 1. The van der Waals surface area contributed by atoms with Crippen LogP contribution in [0.3, 0.4) is 0 Å². The van der Waals surface area contributed by atoms with Crippen molar-refractivity contribution in [2.24, 2.45) is 34.5 Å². The summed E-state index contributed by atoms with van der Waals surface area (Å²) >= 11 is 3.58. The molecule has 0 spiro atoms. The number of halogens is 5. The van der Waals surface area contributed by atoms with Gasteiger partial charge in [0.05, 0.1) is 16.8 Å². The summed E-state index contributed by atoms with van der Waals surface area (Å²) in [5.74, 6) is -3.22. The highest BCUT2D eigenvalue weighted by Crippen LogP contribution is 2.72. The van der Waals surface area contributed by atoms with Crippen molar-refractivity contribution in [1.29, 1.82) is 0 Å². The number of fused-ring (bicyclic) bond motifs is 6. The summed E-state index contributed by atoms with van der Waals surface area (Å²) in [5, 5.41) is 11.4. The van der Waals surface area contributed by atoms with Gasteiger partial charge in [0.1, 0.15) is 11.4 Å². The molecule has 0 bridgehead atoms. The van der Waals surface area contributed by atoms with Crippen LogP contribution in [0.25, 0.3) is 10.2 Å². The molecule has 1 N–H and O–H groups in total. The topological polar surface area (TPSA) is 59.4 Å². The Hall–Kier alpha value is -1.72. The third kappa shape index (κ3) is 8.17. The number of unbranched alkanes of at least 4 members (excludes halogenated alkanes) is 10. The molecule has 4 aliphatic rings. The van der Waals surface area contributed by atoms with Crippen LogP contribution >= 0.6 is 23.1 Å². The van der Waals surface area contributed by atoms with Gasteiger partial charge in [-0.15, -0.1) is 11.3 Å². The zero-order valence-electron chi connectivity index (χ0n) is 32.4. The number of alkyl halides is 5. The number of hydrogen-bond acceptors (Lipinski definition) is 6. The summed E-state index contributed by atoms with van der Waals surface area (Å²) in [7, 11) is 0. The van der Waals surface area contributed by atoms with Gasteiger partial charge < -0.3 is 9.84 Å². The lowest BCUT2D eigenvalue weighted by Crippen LogP contribution is -2.66. The number of benzene rings is 1. The summed E-state index contributed by atoms with van der Waals surface area (Å²) in [5.41, 5.74) is -2.67. The van der Waals surface area contributed by atoms with Crippen LogP contribution in [0.1, 0.15) is 143 Å². The zero-order valence-corrected chi connectivity index (χ0v) is 34.0. The SMILES string of the molecule is CCOc1ccc2nc(SCCCCCCCCCCCCCC3CC4=CC(=O)CC[C@]4(C)[C@@H]4CC[C@@]5(C)[C@@H](CCC5(O)C(F)(F)C(F)(F)F)[C@H]34)sc2c1. The average molecular weight is 798 g/mol. The van der Waals surface area contributed by atoms with Gasteiger partial charge in [-0.2, -0.15) is 22.0 Å². The molecule has 0 amide bonds. The molecule has 0 saturated heterocycles. The van der Waals surface area contributed by atoms with Crippen molar-refractivity contribution in [3.8, 4) is 5.75 Å². The quantitative estimate of drug-likeness (QED) is 0.0925. The van der Waals surface area contributed by atoms with E-state index in [9.17, 15) is 23.1 Å². The molecule has 2 aromatic rings. The van der Waals surface area contributed by atoms with E-state index in [1.807, 2.05) is 36.9 Å². The van der Waals surface area contributed by atoms with Crippen molar-refractivity contribution in [3.63, 3.8) is 0 Å². The first-order valence-electron chi connectivity index (χ1n) is 20.7. The van der Waals surface area contributed by atoms with Gasteiger partial charge in [-0.1, -0.05) is 95.4 Å². The monoisotopic (exact) mass is 797 g/mol. The van der Waals surface area contributed by atoms with E-state index in [2.05, 4.69) is 13.0 Å². The van der Waals surface area contributed by atoms with Gasteiger partial charge in [0.2, 0.25) is 0 Å². The summed E-state index contributed by atoms with van der Waals surface area (Å²) in [6, 6.07) is 6.09. The molecule has 4 aliphatic carbocycles. The number of carbonyl (C=O) groups excluding carboxylic acids is 1. The van der Waals surface area contributed by atoms with Gasteiger partial charge in [0.25, 0.3) is 0 Å². The first-order valence-corrected chi connectivity index (χ1v) is 22.5. The minimum Gasteiger partial charge on any atom is -0.494 e. The molecule has 1 aromatic carbocycles. The van der Waals surface area contributed by atoms with E-state index in [1.165, 1.54) is 63.0 Å². The lowest BCUT2D eigenvalue weighted by Gasteiger charge is -2.62. The van der Waals surface area contributed by atoms with Crippen LogP contribution in [0.2, 0.25) is 0 Å². The summed E-state index contributed by atoms with van der Waals surface area (Å²) in [4.78, 5) is 17.3. The fourth-order valence-electron chi connectivity index (χ4n) is 11.2. The standard InChI is InChI=1S/C43H60F5NO3S2/c1-4-52-32-17-18-35-36(28-32)54-38(49-35)53-25-15-13-11-9-7-5-6-8-10-12-14-16-29-26-30-27-31(50)19-22-39(30,2)33-20-23-40(3)34(37(29)33)21-24-41(40,51)42(44,45)43(46,47)48/h17-18,27-29,33-34,37,51H,4-16,19-26H2,1-3H3/t29?,33-,34+,37-,39+,40+,41?/m1/s1. The van der Waals surface area contributed by atoms with Gasteiger partial charge in [0, 0.05) is 17.6 Å². The van der Waals surface area contributed by atoms with Gasteiger partial charge in [-0.3, -0.25) is 4.79 Å². The smallest absolute Gasteiger partial charge is 0.456 e. The number of thioether (sulfide) groups is 1. The predicted octanol–water partition coefficient (Wildman–Crippen LogP) is 13.2. The van der Waals surface area contributed by atoms with Crippen LogP contribution in [-0.4, -0.2) is 45.9 Å². The van der Waals surface area contributed by atoms with E-state index >= 15 is 8.78 Å². The summed E-state index contributed by atoms with van der Waals surface area (Å²) in [6.45, 7) is 6.36. The zero-order chi connectivity index (χ0) is 38.8. The third-order valence-corrected chi connectivity index (χ3v) is 16.5. The van der Waals surface area contributed by atoms with Crippen LogP contribution in [0, 0.1) is 34.5 Å². The Labute approximate surface area is 326 Å². The van der Waals surface area contributed by atoms with Crippen molar-refractivity contribution >= 4 is 39.1 Å². The van der Waals surface area contributed by atoms with Crippen LogP contribution in [-0.2, 0) is 4.79 Å². The second kappa shape index (κ2) is 17.0. The molecule has 7 atom stereocenters. The van der Waals surface area contributed by atoms with E-state index in [0.29, 0.717) is 32.3 Å². The molecule has 54 heavy (non-hydrogen) atoms. The van der Waals surface area contributed by atoms with Gasteiger partial charge in [-0.25, -0.2) is 4.98 Å². The minimum absolute atomic E-state index is 0.0300. The van der Waals surface area contributed by atoms with Gasteiger partial charge in [0.15, 0.2) is 10.1 Å². The first kappa shape index (κ1) is 41.9. The van der Waals surface area contributed by atoms with E-state index in [1.54, 1.807) is 11.3 Å². The predicted molar refractivity (Wildman–Crippen MR) is 208 cm³/mol. The molecule has 1 aromatic heterocycles. The van der Waals surface area contributed by atoms with Crippen molar-refractivity contribution < 1.29 is 36.6 Å². The molecule has 11 heteroatoms. The van der Waals surface area contributed by atoms with Crippen molar-refractivity contribution in [3.05, 3.63) is 29.8 Å². The lowest BCUT2D eigenvalue weighted by atomic mass is 9.43. The van der Waals surface area contributed by atoms with E-state index in [4.69, 9.17) is 9.72 Å². The Morgan fingerprint density at radius 1 is 0.907 bits per heavy atom. The molecular weight excluding hydrogens is 738 g/mol. The number of allylic oxidation sites excluding steroid dienone is 1. The van der Waals surface area contributed by atoms with E-state index in [0.717, 1.165) is 52.6 Å². The van der Waals surface area contributed by atoms with Crippen molar-refractivity contribution in [1.82, 2.24) is 4.98 Å². The largest absolute Gasteiger partial charge is 0.494 e. The van der Waals surface area contributed by atoms with Crippen LogP contribution in [0.5, 0.6) is 5.75 Å². The average Bonchev–Trinajstić information content (AvgIpc) is 3.66. The molecule has 0 aliphatic heterocycles. The number of ether oxygens (including phenoxy) is 1. The Bertz CT molecular complexity index is 1630. The first-order chi connectivity index (χ1) is 25.6. The molecule has 4 nitrogen and oxygen atoms in total. The van der Waals surface area contributed by atoms with Crippen molar-refractivity contribution in [2.45, 2.75) is 165 Å². The number of carbonyl (C=O) groups is 1. The molecule has 0 radical (unpaired) electrons. The van der Waals surface area contributed by atoms with E-state index in [-0.39, 0.29) is 41.8 Å². The minimum atomic E-state index is -5.80. The summed E-state index contributed by atoms with van der Waals surface area (Å²) < 4.78 is 79.4. The Morgan fingerprint density at radius 3 is 2.22 bits per heavy atom. The fourth-order valence-corrected chi connectivity index (χ4v) is 13.4. The maximum atomic E-state index is 15.1. The Kier molecular flexibility index (Phi) is 13.2. The summed E-state index contributed by atoms with van der Waals surface area (Å²) in [6.07, 6.45) is 12.1. The number of rotatable bonds is 18. The molecule has 2 unspecified atom stereocenters. The van der Waals surface area contributed by atoms with Crippen LogP contribution < -0.4 is 4.74 Å². The van der Waals surface area contributed by atoms with Gasteiger partial charge in [-0.05, 0) is 112 Å². The van der Waals surface area contributed by atoms with E-state index < -0.39 is 35.5 Å². The highest BCUT2D eigenvalue weighted by atomic mass is 32.2. The maximum absolute atomic E-state index is 15.1. The Balaban J connectivity index is 0.913. The van der Waals surface area contributed by atoms with Crippen LogP contribution in [0.4, 0.5) is 22.0 Å². The molecular formula is C43H60F5NO3S2.